The van der Waals surface area contributed by atoms with Crippen LogP contribution in [0.2, 0.25) is 0 Å². The van der Waals surface area contributed by atoms with E-state index < -0.39 is 35.3 Å². The Balaban J connectivity index is 1.22. The number of ether oxygens (including phenoxy) is 2. The third kappa shape index (κ3) is 31.1. The number of amides is 2. The van der Waals surface area contributed by atoms with E-state index in [1.807, 2.05) is 0 Å². The molecule has 4 aromatic carbocycles. The number of aliphatic hydroxyl groups is 2. The molecule has 494 valence electrons. The molecule has 4 aromatic rings. The number of hydrogen-bond donors (Lipinski definition) is 6. The molecule has 16 heteroatoms. The molecule has 0 saturated carbocycles. The lowest BCUT2D eigenvalue weighted by atomic mass is 9.78. The van der Waals surface area contributed by atoms with Crippen molar-refractivity contribution >= 4 is 69.5 Å². The topological polar surface area (TPSA) is 234 Å². The number of carbonyl (C=O) groups excluding carboxylic acids is 6. The summed E-state index contributed by atoms with van der Waals surface area (Å²) in [6.07, 6.45) is 37.6. The first kappa shape index (κ1) is 75.4. The zero-order valence-corrected chi connectivity index (χ0v) is 54.9. The minimum absolute atomic E-state index is 0.0150. The van der Waals surface area contributed by atoms with Crippen LogP contribution in [0.25, 0.3) is 0 Å². The molecule has 16 nitrogen and oxygen atoms in total. The number of nitrogens with one attached hydrogen (secondary N) is 4. The molecule has 0 aliphatic rings. The van der Waals surface area contributed by atoms with Gasteiger partial charge in [-0.15, -0.1) is 0 Å². The van der Waals surface area contributed by atoms with E-state index in [9.17, 15) is 39.0 Å². The average molecular weight is 1240 g/mol. The van der Waals surface area contributed by atoms with Crippen LogP contribution in [0.5, 0.6) is 0 Å². The lowest BCUT2D eigenvalue weighted by Crippen LogP contribution is -2.29. The van der Waals surface area contributed by atoms with Crippen molar-refractivity contribution in [2.24, 2.45) is 22.0 Å². The highest BCUT2D eigenvalue weighted by molar-refractivity contribution is 6.67. The molecule has 0 aromatic heterocycles. The molecule has 2 atom stereocenters. The van der Waals surface area contributed by atoms with Crippen molar-refractivity contribution in [2.45, 2.75) is 233 Å². The van der Waals surface area contributed by atoms with Gasteiger partial charge in [0, 0.05) is 38.4 Å². The predicted molar refractivity (Wildman–Crippen MR) is 365 cm³/mol. The van der Waals surface area contributed by atoms with Crippen molar-refractivity contribution in [1.82, 2.24) is 0 Å². The molecule has 2 amide bonds. The first-order valence-corrected chi connectivity index (χ1v) is 34.1. The number of Topliss-reactive ketones (excluding diaryl/α,β-unsaturated/α-hetero) is 2. The van der Waals surface area contributed by atoms with E-state index in [-0.39, 0.29) is 35.8 Å². The van der Waals surface area contributed by atoms with Crippen molar-refractivity contribution in [1.29, 1.82) is 0 Å². The molecule has 0 fully saturated rings. The fourth-order valence-corrected chi connectivity index (χ4v) is 11.4. The Morgan fingerprint density at radius 1 is 0.400 bits per heavy atom. The Morgan fingerprint density at radius 3 is 1.01 bits per heavy atom. The van der Waals surface area contributed by atoms with Gasteiger partial charge in [0.2, 0.25) is 0 Å². The van der Waals surface area contributed by atoms with Crippen molar-refractivity contribution in [3.63, 3.8) is 0 Å². The van der Waals surface area contributed by atoms with E-state index in [2.05, 4.69) is 45.5 Å². The van der Waals surface area contributed by atoms with Gasteiger partial charge >= 0.3 is 11.9 Å². The zero-order chi connectivity index (χ0) is 64.8. The SMILES string of the molecule is CCCCCCCCCC(CCCCCCCCOC(=O)c1ccccc1N/N=C(/C(C)=O)C(=O)Nc1ccc(CCO)cc1)C(CCCCCCCCC)CCCCCCCCOC(=O)c1ccccc1N/N=C(/C(C)=O)C(=O)Nc1ccc(CCO)cc1. The van der Waals surface area contributed by atoms with Crippen LogP contribution in [0.4, 0.5) is 22.7 Å². The van der Waals surface area contributed by atoms with Crippen LogP contribution in [0.1, 0.15) is 252 Å². The molecule has 0 heterocycles. The second-order valence-electron chi connectivity index (χ2n) is 24.0. The third-order valence-corrected chi connectivity index (χ3v) is 16.6. The van der Waals surface area contributed by atoms with Gasteiger partial charge in [-0.1, -0.05) is 242 Å². The first-order chi connectivity index (χ1) is 43.9. The maximum Gasteiger partial charge on any atom is 0.340 e. The monoisotopic (exact) mass is 1240 g/mol. The maximum absolute atomic E-state index is 13.3. The number of nitrogens with zero attached hydrogens (tertiary/aromatic N) is 2. The van der Waals surface area contributed by atoms with Crippen molar-refractivity contribution in [3.05, 3.63) is 119 Å². The minimum Gasteiger partial charge on any atom is -0.462 e. The second-order valence-corrected chi connectivity index (χ2v) is 24.0. The number of carbonyl (C=O) groups is 6. The quantitative estimate of drug-likeness (QED) is 0.00797. The molecule has 2 unspecified atom stereocenters. The Bertz CT molecular complexity index is 2580. The largest absolute Gasteiger partial charge is 0.462 e. The number of anilines is 4. The molecule has 0 saturated heterocycles. The van der Waals surface area contributed by atoms with Gasteiger partial charge in [-0.2, -0.15) is 10.2 Å². The molecule has 0 radical (unpaired) electrons. The minimum atomic E-state index is -0.691. The summed E-state index contributed by atoms with van der Waals surface area (Å²) >= 11 is 0. The highest BCUT2D eigenvalue weighted by atomic mass is 16.5. The molecule has 0 bridgehead atoms. The van der Waals surface area contributed by atoms with Crippen LogP contribution < -0.4 is 21.5 Å². The Morgan fingerprint density at radius 2 is 0.700 bits per heavy atom. The number of hydrazone groups is 2. The normalized spacial score (nSPS) is 12.2. The fourth-order valence-electron chi connectivity index (χ4n) is 11.4. The van der Waals surface area contributed by atoms with E-state index in [0.29, 0.717) is 48.8 Å². The summed E-state index contributed by atoms with van der Waals surface area (Å²) in [5.41, 5.74) is 8.73. The summed E-state index contributed by atoms with van der Waals surface area (Å²) in [6.45, 7) is 7.68. The first-order valence-electron chi connectivity index (χ1n) is 34.1. The van der Waals surface area contributed by atoms with Crippen LogP contribution in [-0.2, 0) is 41.5 Å². The zero-order valence-electron chi connectivity index (χ0n) is 54.9. The number of esters is 2. The summed E-state index contributed by atoms with van der Waals surface area (Å²) in [7, 11) is 0. The van der Waals surface area contributed by atoms with Gasteiger partial charge in [-0.25, -0.2) is 9.59 Å². The van der Waals surface area contributed by atoms with Gasteiger partial charge in [-0.3, -0.25) is 30.0 Å². The van der Waals surface area contributed by atoms with E-state index >= 15 is 0 Å². The van der Waals surface area contributed by atoms with Crippen molar-refractivity contribution in [2.75, 3.05) is 47.9 Å². The number of benzene rings is 4. The van der Waals surface area contributed by atoms with Gasteiger partial charge in [0.05, 0.1) is 35.7 Å². The number of aliphatic hydroxyl groups excluding tert-OH is 2. The van der Waals surface area contributed by atoms with E-state index in [1.54, 1.807) is 97.1 Å². The van der Waals surface area contributed by atoms with Gasteiger partial charge < -0.3 is 30.3 Å². The number of unbranched alkanes of at least 4 members (excludes halogenated alkanes) is 22. The van der Waals surface area contributed by atoms with Gasteiger partial charge in [-0.05, 0) is 97.2 Å². The molecule has 6 N–H and O–H groups in total. The fraction of sp³-hybridized carbons (Fsp3) is 0.568. The predicted octanol–water partition coefficient (Wildman–Crippen LogP) is 16.7. The second kappa shape index (κ2) is 47.0. The number of rotatable bonds is 51. The highest BCUT2D eigenvalue weighted by Crippen LogP contribution is 2.34. The molecular weight excluding hydrogens is 1130 g/mol. The summed E-state index contributed by atoms with van der Waals surface area (Å²) in [5, 5.41) is 32.0. The van der Waals surface area contributed by atoms with Crippen molar-refractivity contribution in [3.8, 4) is 0 Å². The maximum atomic E-state index is 13.3. The Labute approximate surface area is 538 Å². The highest BCUT2D eigenvalue weighted by Gasteiger charge is 2.23. The molecule has 0 aliphatic carbocycles. The van der Waals surface area contributed by atoms with Gasteiger partial charge in [0.1, 0.15) is 0 Å². The molecule has 0 spiro atoms. The van der Waals surface area contributed by atoms with E-state index in [4.69, 9.17) is 9.47 Å². The molecular formula is C74H108N6O10. The number of hydrogen-bond acceptors (Lipinski definition) is 14. The summed E-state index contributed by atoms with van der Waals surface area (Å²) in [5.74, 6) is -1.98. The van der Waals surface area contributed by atoms with E-state index in [0.717, 1.165) is 74.3 Å². The Hall–Kier alpha value is -7.04. The van der Waals surface area contributed by atoms with E-state index in [1.165, 1.54) is 155 Å². The van der Waals surface area contributed by atoms with Crippen molar-refractivity contribution < 1.29 is 48.5 Å². The lowest BCUT2D eigenvalue weighted by molar-refractivity contribution is -0.116. The average Bonchev–Trinajstić information content (AvgIpc) is 2.21. The number of ketones is 2. The van der Waals surface area contributed by atoms with Gasteiger partial charge in [0.15, 0.2) is 23.0 Å². The van der Waals surface area contributed by atoms with Crippen LogP contribution in [-0.4, -0.2) is 83.4 Å². The molecule has 0 aliphatic heterocycles. The molecule has 90 heavy (non-hydrogen) atoms. The Kier molecular flexibility index (Phi) is 39.3. The molecule has 4 rings (SSSR count). The standard InChI is InChI=1S/C74H108N6O10/c1-5-7-9-11-13-19-25-35-61(37-27-21-15-17-23-33-55-89-73(87)65-39-29-31-41-67(65)77-79-69(57(3)83)71(85)75-63-47-43-59(44-48-63)51-53-81)62(36-26-20-14-12-10-8-6-2)38-28-22-16-18-24-34-56-90-74(88)66-40-30-32-42-68(66)78-80-70(58(4)84)72(86)76-64-49-45-60(46-50-64)52-54-82/h29-32,39-50,61-62,77-78,81-82H,5-28,33-38,51-56H2,1-4H3,(H,75,85)(H,76,86)/b79-69-,80-70-. The van der Waals surface area contributed by atoms with Crippen LogP contribution in [0.15, 0.2) is 107 Å². The van der Waals surface area contributed by atoms with Crippen LogP contribution >= 0.6 is 0 Å². The number of para-hydroxylation sites is 2. The summed E-state index contributed by atoms with van der Waals surface area (Å²) in [4.78, 5) is 77.6. The van der Waals surface area contributed by atoms with Gasteiger partial charge in [0.25, 0.3) is 11.8 Å². The lowest BCUT2D eigenvalue weighted by Gasteiger charge is -2.28. The van der Waals surface area contributed by atoms with Crippen LogP contribution in [0, 0.1) is 11.8 Å². The smallest absolute Gasteiger partial charge is 0.340 e. The third-order valence-electron chi connectivity index (χ3n) is 16.6. The van der Waals surface area contributed by atoms with Crippen LogP contribution in [0.3, 0.4) is 0 Å². The summed E-state index contributed by atoms with van der Waals surface area (Å²) in [6, 6.07) is 27.4. The summed E-state index contributed by atoms with van der Waals surface area (Å²) < 4.78 is 11.4.